The number of rotatable bonds is 4. The Labute approximate surface area is 115 Å². The molecule has 19 heavy (non-hydrogen) atoms. The van der Waals surface area contributed by atoms with Crippen LogP contribution < -0.4 is 11.1 Å². The first-order valence-electron chi connectivity index (χ1n) is 6.56. The van der Waals surface area contributed by atoms with Crippen molar-refractivity contribution in [2.45, 2.75) is 47.2 Å². The Hall–Kier alpha value is -1.55. The highest BCUT2D eigenvalue weighted by atomic mass is 16.4. The summed E-state index contributed by atoms with van der Waals surface area (Å²) in [7, 11) is 0. The number of hydrogen-bond acceptors (Lipinski definition) is 3. The Kier molecular flexibility index (Phi) is 4.95. The van der Waals surface area contributed by atoms with Crippen LogP contribution in [0, 0.1) is 12.3 Å². The van der Waals surface area contributed by atoms with Gasteiger partial charge in [0.15, 0.2) is 5.84 Å². The zero-order valence-electron chi connectivity index (χ0n) is 12.5. The minimum atomic E-state index is 0.144. The molecule has 1 aromatic rings. The lowest BCUT2D eigenvalue weighted by Gasteiger charge is -2.28. The van der Waals surface area contributed by atoms with E-state index in [9.17, 15) is 0 Å². The zero-order valence-corrected chi connectivity index (χ0v) is 12.5. The molecule has 0 aromatic heterocycles. The molecule has 0 saturated carbocycles. The van der Waals surface area contributed by atoms with E-state index in [1.165, 1.54) is 5.56 Å². The summed E-state index contributed by atoms with van der Waals surface area (Å²) in [5, 5.41) is 15.2. The van der Waals surface area contributed by atoms with E-state index in [1.807, 2.05) is 25.1 Å². The monoisotopic (exact) mass is 263 g/mol. The van der Waals surface area contributed by atoms with Crippen molar-refractivity contribution in [3.63, 3.8) is 0 Å². The fourth-order valence-corrected chi connectivity index (χ4v) is 1.68. The van der Waals surface area contributed by atoms with Crippen LogP contribution in [-0.2, 0) is 6.54 Å². The van der Waals surface area contributed by atoms with E-state index in [0.29, 0.717) is 6.04 Å². The van der Waals surface area contributed by atoms with Crippen molar-refractivity contribution in [2.24, 2.45) is 16.3 Å². The van der Waals surface area contributed by atoms with Crippen molar-refractivity contribution < 1.29 is 5.21 Å². The molecule has 4 heteroatoms. The number of nitrogens with one attached hydrogen (secondary N) is 1. The van der Waals surface area contributed by atoms with Crippen molar-refractivity contribution in [1.29, 1.82) is 0 Å². The van der Waals surface area contributed by atoms with Crippen LogP contribution in [0.5, 0.6) is 0 Å². The number of nitrogens with two attached hydrogens (primary N) is 1. The molecule has 0 saturated heterocycles. The lowest BCUT2D eigenvalue weighted by molar-refractivity contribution is 0.285. The van der Waals surface area contributed by atoms with Gasteiger partial charge >= 0.3 is 0 Å². The van der Waals surface area contributed by atoms with Gasteiger partial charge in [0.05, 0.1) is 0 Å². The standard InChI is InChI=1S/C15H25N3O/c1-10-8-12(14(16)18-19)6-7-13(10)9-17-11(2)15(3,4)5/h6-8,11,17,19H,9H2,1-5H3,(H2,16,18). The van der Waals surface area contributed by atoms with Crippen molar-refractivity contribution in [1.82, 2.24) is 5.32 Å². The van der Waals surface area contributed by atoms with Crippen LogP contribution >= 0.6 is 0 Å². The van der Waals surface area contributed by atoms with E-state index < -0.39 is 0 Å². The summed E-state index contributed by atoms with van der Waals surface area (Å²) >= 11 is 0. The highest BCUT2D eigenvalue weighted by Gasteiger charge is 2.19. The summed E-state index contributed by atoms with van der Waals surface area (Å²) in [6.07, 6.45) is 0. The second kappa shape index (κ2) is 6.06. The molecular formula is C15H25N3O. The van der Waals surface area contributed by atoms with Gasteiger partial charge in [-0.25, -0.2) is 0 Å². The van der Waals surface area contributed by atoms with Crippen LogP contribution in [0.3, 0.4) is 0 Å². The Morgan fingerprint density at radius 3 is 2.53 bits per heavy atom. The van der Waals surface area contributed by atoms with Gasteiger partial charge in [-0.3, -0.25) is 0 Å². The fraction of sp³-hybridized carbons (Fsp3) is 0.533. The second-order valence-electron chi connectivity index (χ2n) is 6.10. The highest BCUT2D eigenvalue weighted by molar-refractivity contribution is 5.97. The van der Waals surface area contributed by atoms with E-state index in [0.717, 1.165) is 17.7 Å². The lowest BCUT2D eigenvalue weighted by atomic mass is 9.88. The third kappa shape index (κ3) is 4.24. The number of benzene rings is 1. The van der Waals surface area contributed by atoms with Crippen molar-refractivity contribution in [3.05, 3.63) is 34.9 Å². The summed E-state index contributed by atoms with van der Waals surface area (Å²) in [5.41, 5.74) is 8.92. The molecule has 0 aliphatic heterocycles. The third-order valence-corrected chi connectivity index (χ3v) is 3.64. The molecule has 0 bridgehead atoms. The average molecular weight is 263 g/mol. The van der Waals surface area contributed by atoms with E-state index in [2.05, 4.69) is 38.2 Å². The van der Waals surface area contributed by atoms with Crippen LogP contribution in [0.2, 0.25) is 0 Å². The Bertz CT molecular complexity index is 461. The summed E-state index contributed by atoms with van der Waals surface area (Å²) in [4.78, 5) is 0. The molecule has 0 fully saturated rings. The summed E-state index contributed by atoms with van der Waals surface area (Å²) in [5.74, 6) is 0.144. The van der Waals surface area contributed by atoms with Gasteiger partial charge in [-0.1, -0.05) is 38.1 Å². The lowest BCUT2D eigenvalue weighted by Crippen LogP contribution is -2.37. The number of hydrogen-bond donors (Lipinski definition) is 3. The molecule has 1 unspecified atom stereocenters. The minimum Gasteiger partial charge on any atom is -0.409 e. The quantitative estimate of drug-likeness (QED) is 0.338. The molecular weight excluding hydrogens is 238 g/mol. The van der Waals surface area contributed by atoms with Crippen molar-refractivity contribution in [2.75, 3.05) is 0 Å². The molecule has 0 heterocycles. The second-order valence-corrected chi connectivity index (χ2v) is 6.10. The highest BCUT2D eigenvalue weighted by Crippen LogP contribution is 2.19. The molecule has 0 amide bonds. The van der Waals surface area contributed by atoms with Gasteiger partial charge in [0.1, 0.15) is 0 Å². The van der Waals surface area contributed by atoms with E-state index >= 15 is 0 Å². The number of amidine groups is 1. The van der Waals surface area contributed by atoms with Crippen LogP contribution in [0.15, 0.2) is 23.4 Å². The Balaban J connectivity index is 2.76. The molecule has 0 radical (unpaired) electrons. The molecule has 4 nitrogen and oxygen atoms in total. The van der Waals surface area contributed by atoms with Gasteiger partial charge in [0, 0.05) is 18.2 Å². The average Bonchev–Trinajstić information content (AvgIpc) is 2.34. The SMILES string of the molecule is Cc1cc(/C(N)=N/O)ccc1CNC(C)C(C)(C)C. The smallest absolute Gasteiger partial charge is 0.170 e. The molecule has 0 aliphatic carbocycles. The van der Waals surface area contributed by atoms with E-state index in [4.69, 9.17) is 10.9 Å². The molecule has 106 valence electrons. The van der Waals surface area contributed by atoms with Crippen LogP contribution in [0.4, 0.5) is 0 Å². The maximum atomic E-state index is 8.66. The van der Waals surface area contributed by atoms with Gasteiger partial charge in [-0.05, 0) is 36.5 Å². The maximum absolute atomic E-state index is 8.66. The van der Waals surface area contributed by atoms with Crippen LogP contribution in [0.25, 0.3) is 0 Å². The van der Waals surface area contributed by atoms with Crippen molar-refractivity contribution in [3.8, 4) is 0 Å². The maximum Gasteiger partial charge on any atom is 0.170 e. The fourth-order valence-electron chi connectivity index (χ4n) is 1.68. The van der Waals surface area contributed by atoms with Crippen molar-refractivity contribution >= 4 is 5.84 Å². The first-order chi connectivity index (χ1) is 8.75. The number of oxime groups is 1. The predicted molar refractivity (Wildman–Crippen MR) is 79.4 cm³/mol. The first-order valence-corrected chi connectivity index (χ1v) is 6.56. The van der Waals surface area contributed by atoms with Gasteiger partial charge in [-0.2, -0.15) is 0 Å². The molecule has 1 atom stereocenters. The molecule has 1 rings (SSSR count). The Morgan fingerprint density at radius 1 is 1.42 bits per heavy atom. The molecule has 4 N–H and O–H groups in total. The Morgan fingerprint density at radius 2 is 2.05 bits per heavy atom. The predicted octanol–water partition coefficient (Wildman–Crippen LogP) is 2.61. The normalized spacial score (nSPS) is 14.5. The summed E-state index contributed by atoms with van der Waals surface area (Å²) in [6.45, 7) is 11.7. The van der Waals surface area contributed by atoms with Crippen LogP contribution in [-0.4, -0.2) is 17.1 Å². The van der Waals surface area contributed by atoms with Gasteiger partial charge in [0.25, 0.3) is 0 Å². The van der Waals surface area contributed by atoms with Gasteiger partial charge in [-0.15, -0.1) is 0 Å². The summed E-state index contributed by atoms with van der Waals surface area (Å²) < 4.78 is 0. The van der Waals surface area contributed by atoms with E-state index in [-0.39, 0.29) is 11.3 Å². The topological polar surface area (TPSA) is 70.6 Å². The largest absolute Gasteiger partial charge is 0.409 e. The summed E-state index contributed by atoms with van der Waals surface area (Å²) in [6, 6.07) is 6.26. The third-order valence-electron chi connectivity index (χ3n) is 3.64. The molecule has 0 aliphatic rings. The zero-order chi connectivity index (χ0) is 14.6. The van der Waals surface area contributed by atoms with Crippen LogP contribution in [0.1, 0.15) is 44.4 Å². The number of aryl methyl sites for hydroxylation is 1. The van der Waals surface area contributed by atoms with E-state index in [1.54, 1.807) is 0 Å². The molecule has 1 aromatic carbocycles. The number of nitrogens with zero attached hydrogens (tertiary/aromatic N) is 1. The van der Waals surface area contributed by atoms with Gasteiger partial charge < -0.3 is 16.3 Å². The minimum absolute atomic E-state index is 0.144. The molecule has 0 spiro atoms. The van der Waals surface area contributed by atoms with Gasteiger partial charge in [0.2, 0.25) is 0 Å². The first kappa shape index (κ1) is 15.5.